The highest BCUT2D eigenvalue weighted by atomic mass is 16.5. The molecule has 1 aliphatic heterocycles. The van der Waals surface area contributed by atoms with Gasteiger partial charge in [-0.2, -0.15) is 4.52 Å². The number of nitrogens with two attached hydrogens (primary N) is 1. The number of nitrogen functional groups attached to an aromatic ring is 1. The minimum Gasteiger partial charge on any atom is -0.494 e. The number of aromatic nitrogens is 4. The van der Waals surface area contributed by atoms with Crippen molar-refractivity contribution in [3.63, 3.8) is 0 Å². The van der Waals surface area contributed by atoms with E-state index in [2.05, 4.69) is 39.2 Å². The van der Waals surface area contributed by atoms with Crippen LogP contribution in [0.5, 0.6) is 5.75 Å². The van der Waals surface area contributed by atoms with Crippen molar-refractivity contribution < 1.29 is 4.74 Å². The molecule has 28 heavy (non-hydrogen) atoms. The molecule has 0 fully saturated rings. The summed E-state index contributed by atoms with van der Waals surface area (Å²) in [6.45, 7) is 2.61. The first-order chi connectivity index (χ1) is 13.7. The number of hydrogen-bond acceptors (Lipinski definition) is 6. The predicted octanol–water partition coefficient (Wildman–Crippen LogP) is 2.82. The molecule has 0 atom stereocenters. The van der Waals surface area contributed by atoms with Crippen LogP contribution in [0.25, 0.3) is 16.6 Å². The van der Waals surface area contributed by atoms with E-state index < -0.39 is 0 Å². The van der Waals surface area contributed by atoms with Crippen LogP contribution < -0.4 is 10.5 Å². The van der Waals surface area contributed by atoms with Gasteiger partial charge in [-0.15, -0.1) is 5.10 Å². The number of aryl methyl sites for hydroxylation is 1. The van der Waals surface area contributed by atoms with Crippen LogP contribution in [0, 0.1) is 0 Å². The first kappa shape index (κ1) is 16.9. The lowest BCUT2D eigenvalue weighted by molar-refractivity contribution is 0.254. The van der Waals surface area contributed by atoms with Gasteiger partial charge in [0.05, 0.1) is 13.7 Å². The Bertz CT molecular complexity index is 1170. The lowest BCUT2D eigenvalue weighted by Gasteiger charge is -2.18. The van der Waals surface area contributed by atoms with Crippen molar-refractivity contribution in [2.24, 2.45) is 0 Å². The summed E-state index contributed by atoms with van der Waals surface area (Å²) in [6.07, 6.45) is 2.25. The summed E-state index contributed by atoms with van der Waals surface area (Å²) in [6, 6.07) is 14.4. The second-order valence-corrected chi connectivity index (χ2v) is 7.17. The van der Waals surface area contributed by atoms with Crippen LogP contribution in [0.3, 0.4) is 0 Å². The summed E-state index contributed by atoms with van der Waals surface area (Å²) in [5, 5.41) is 5.52. The summed E-state index contributed by atoms with van der Waals surface area (Å²) in [5.74, 6) is 1.75. The second-order valence-electron chi connectivity index (χ2n) is 7.17. The van der Waals surface area contributed by atoms with Crippen molar-refractivity contribution in [3.8, 4) is 5.75 Å². The predicted molar refractivity (Wildman–Crippen MR) is 108 cm³/mol. The maximum atomic E-state index is 6.16. The van der Waals surface area contributed by atoms with Gasteiger partial charge in [0.25, 0.3) is 0 Å². The quantitative estimate of drug-likeness (QED) is 0.594. The molecule has 7 nitrogen and oxygen atoms in total. The van der Waals surface area contributed by atoms with Crippen LogP contribution in [0.4, 0.5) is 5.95 Å². The monoisotopic (exact) mass is 374 g/mol. The van der Waals surface area contributed by atoms with E-state index in [0.717, 1.165) is 37.1 Å². The highest BCUT2D eigenvalue weighted by Crippen LogP contribution is 2.27. The van der Waals surface area contributed by atoms with Crippen LogP contribution in [0.15, 0.2) is 42.5 Å². The Labute approximate surface area is 162 Å². The van der Waals surface area contributed by atoms with Gasteiger partial charge in [0, 0.05) is 11.9 Å². The molecule has 7 heteroatoms. The fourth-order valence-electron chi connectivity index (χ4n) is 4.00. The number of methoxy groups -OCH3 is 1. The summed E-state index contributed by atoms with van der Waals surface area (Å²) in [4.78, 5) is 11.7. The van der Waals surface area contributed by atoms with Crippen molar-refractivity contribution >= 4 is 22.5 Å². The summed E-state index contributed by atoms with van der Waals surface area (Å²) in [5.41, 5.74) is 10.4. The number of anilines is 1. The Morgan fingerprint density at radius 1 is 1.07 bits per heavy atom. The van der Waals surface area contributed by atoms with E-state index >= 15 is 0 Å². The molecular formula is C21H22N6O. The third-order valence-electron chi connectivity index (χ3n) is 5.35. The van der Waals surface area contributed by atoms with E-state index in [1.54, 1.807) is 11.6 Å². The highest BCUT2D eigenvalue weighted by molar-refractivity contribution is 5.95. The van der Waals surface area contributed by atoms with E-state index in [0.29, 0.717) is 29.4 Å². The first-order valence-corrected chi connectivity index (χ1v) is 9.50. The van der Waals surface area contributed by atoms with Gasteiger partial charge in [0.1, 0.15) is 11.3 Å². The van der Waals surface area contributed by atoms with Gasteiger partial charge in [-0.05, 0) is 42.6 Å². The van der Waals surface area contributed by atoms with Gasteiger partial charge < -0.3 is 10.5 Å². The lowest BCUT2D eigenvalue weighted by atomic mass is 10.0. The number of fused-ring (bicyclic) bond motifs is 4. The minimum absolute atomic E-state index is 0.312. The van der Waals surface area contributed by atoms with Crippen LogP contribution in [0.2, 0.25) is 0 Å². The molecule has 0 saturated heterocycles. The number of nitrogens with zero attached hydrogens (tertiary/aromatic N) is 5. The van der Waals surface area contributed by atoms with Gasteiger partial charge in [-0.1, -0.05) is 30.3 Å². The van der Waals surface area contributed by atoms with Gasteiger partial charge >= 0.3 is 0 Å². The summed E-state index contributed by atoms with van der Waals surface area (Å²) in [7, 11) is 1.63. The Balaban J connectivity index is 1.52. The van der Waals surface area contributed by atoms with E-state index in [4.69, 9.17) is 15.5 Å². The van der Waals surface area contributed by atoms with Crippen LogP contribution in [-0.2, 0) is 19.5 Å². The number of para-hydroxylation sites is 1. The average Bonchev–Trinajstić information content (AvgIpc) is 3.02. The topological polar surface area (TPSA) is 81.6 Å². The standard InChI is InChI=1S/C21H22N6O/c1-28-17-10-4-9-16-19(17)24-21(22)27-20(16)23-18(25-27)13-26-11-5-8-14-6-2-3-7-15(14)12-26/h2-4,6-7,9-10H,5,8,11-13H2,1H3,(H2,22,24). The first-order valence-electron chi connectivity index (χ1n) is 9.50. The molecule has 0 spiro atoms. The number of rotatable bonds is 3. The summed E-state index contributed by atoms with van der Waals surface area (Å²) >= 11 is 0. The van der Waals surface area contributed by atoms with E-state index in [1.165, 1.54) is 11.1 Å². The van der Waals surface area contributed by atoms with E-state index in [1.807, 2.05) is 18.2 Å². The molecule has 0 radical (unpaired) electrons. The molecule has 3 heterocycles. The summed E-state index contributed by atoms with van der Waals surface area (Å²) < 4.78 is 7.05. The molecule has 0 aliphatic carbocycles. The van der Waals surface area contributed by atoms with Crippen LogP contribution in [0.1, 0.15) is 23.4 Å². The van der Waals surface area contributed by atoms with Crippen molar-refractivity contribution in [1.29, 1.82) is 0 Å². The average molecular weight is 374 g/mol. The maximum absolute atomic E-state index is 6.16. The highest BCUT2D eigenvalue weighted by Gasteiger charge is 2.18. The second kappa shape index (κ2) is 6.76. The van der Waals surface area contributed by atoms with Crippen LogP contribution >= 0.6 is 0 Å². The normalized spacial score (nSPS) is 14.9. The molecule has 0 bridgehead atoms. The molecule has 4 aromatic rings. The lowest BCUT2D eigenvalue weighted by Crippen LogP contribution is -2.23. The molecule has 0 unspecified atom stereocenters. The molecule has 2 N–H and O–H groups in total. The van der Waals surface area contributed by atoms with Gasteiger partial charge in [-0.25, -0.2) is 9.97 Å². The van der Waals surface area contributed by atoms with Crippen molar-refractivity contribution in [2.45, 2.75) is 25.9 Å². The number of benzene rings is 2. The molecule has 2 aromatic carbocycles. The van der Waals surface area contributed by atoms with Gasteiger partial charge in [-0.3, -0.25) is 4.90 Å². The zero-order valence-corrected chi connectivity index (χ0v) is 15.8. The van der Waals surface area contributed by atoms with Crippen LogP contribution in [-0.4, -0.2) is 38.1 Å². The largest absolute Gasteiger partial charge is 0.494 e. The van der Waals surface area contributed by atoms with Gasteiger partial charge in [0.2, 0.25) is 5.95 Å². The van der Waals surface area contributed by atoms with Crippen molar-refractivity contribution in [1.82, 2.24) is 24.5 Å². The Morgan fingerprint density at radius 2 is 1.93 bits per heavy atom. The Kier molecular flexibility index (Phi) is 4.09. The minimum atomic E-state index is 0.312. The zero-order chi connectivity index (χ0) is 19.1. The zero-order valence-electron chi connectivity index (χ0n) is 15.8. The third kappa shape index (κ3) is 2.84. The molecule has 2 aromatic heterocycles. The molecule has 142 valence electrons. The Hall–Kier alpha value is -3.19. The number of ether oxygens (including phenoxy) is 1. The molecular weight excluding hydrogens is 352 g/mol. The Morgan fingerprint density at radius 3 is 2.79 bits per heavy atom. The third-order valence-corrected chi connectivity index (χ3v) is 5.35. The van der Waals surface area contributed by atoms with E-state index in [-0.39, 0.29) is 0 Å². The smallest absolute Gasteiger partial charge is 0.223 e. The molecule has 1 aliphatic rings. The molecule has 0 saturated carbocycles. The van der Waals surface area contributed by atoms with Crippen molar-refractivity contribution in [3.05, 3.63) is 59.4 Å². The molecule has 5 rings (SSSR count). The fraction of sp³-hybridized carbons (Fsp3) is 0.286. The fourth-order valence-corrected chi connectivity index (χ4v) is 4.00. The van der Waals surface area contributed by atoms with Gasteiger partial charge in [0.15, 0.2) is 11.5 Å². The molecule has 0 amide bonds. The van der Waals surface area contributed by atoms with Crippen molar-refractivity contribution in [2.75, 3.05) is 19.4 Å². The number of hydrogen-bond donors (Lipinski definition) is 1. The maximum Gasteiger partial charge on any atom is 0.223 e. The van der Waals surface area contributed by atoms with E-state index in [9.17, 15) is 0 Å². The SMILES string of the molecule is COc1cccc2c1nc(N)n1nc(CN3CCCc4ccccc4C3)nc21.